The highest BCUT2D eigenvalue weighted by Gasteiger charge is 2.20. The van der Waals surface area contributed by atoms with Crippen LogP contribution in [0.5, 0.6) is 11.6 Å². The number of hydrogen-bond donors (Lipinski definition) is 0. The molecule has 0 saturated carbocycles. The maximum Gasteiger partial charge on any atom is 0.387 e. The van der Waals surface area contributed by atoms with E-state index in [9.17, 15) is 18.4 Å². The number of ether oxygens (including phenoxy) is 2. The van der Waals surface area contributed by atoms with Crippen LogP contribution in [0.2, 0.25) is 0 Å². The van der Waals surface area contributed by atoms with Gasteiger partial charge in [-0.25, -0.2) is 4.79 Å². The number of aromatic nitrogens is 2. The van der Waals surface area contributed by atoms with E-state index < -0.39 is 6.61 Å². The number of nitrogens with zero attached hydrogens (tertiary/aromatic N) is 3. The van der Waals surface area contributed by atoms with Crippen molar-refractivity contribution < 1.29 is 23.0 Å². The number of rotatable bonds is 7. The summed E-state index contributed by atoms with van der Waals surface area (Å²) < 4.78 is 36.5. The zero-order valence-electron chi connectivity index (χ0n) is 19.4. The Morgan fingerprint density at radius 3 is 2.46 bits per heavy atom. The van der Waals surface area contributed by atoms with Crippen LogP contribution >= 0.6 is 0 Å². The molecule has 0 amide bonds. The van der Waals surface area contributed by atoms with E-state index in [0.717, 1.165) is 0 Å². The lowest BCUT2D eigenvalue weighted by atomic mass is 10.0. The zero-order valence-corrected chi connectivity index (χ0v) is 19.4. The van der Waals surface area contributed by atoms with Crippen LogP contribution in [0, 0.1) is 0 Å². The minimum absolute atomic E-state index is 0.0288. The highest BCUT2D eigenvalue weighted by Crippen LogP contribution is 2.28. The van der Waals surface area contributed by atoms with Gasteiger partial charge in [0, 0.05) is 34.8 Å². The van der Waals surface area contributed by atoms with Gasteiger partial charge in [-0.05, 0) is 69.3 Å². The minimum Gasteiger partial charge on any atom is -0.478 e. The summed E-state index contributed by atoms with van der Waals surface area (Å²) in [6.45, 7) is 3.11. The molecule has 0 spiro atoms. The van der Waals surface area contributed by atoms with Gasteiger partial charge in [0.2, 0.25) is 5.88 Å². The van der Waals surface area contributed by atoms with Crippen LogP contribution in [0.25, 0.3) is 22.3 Å². The molecule has 180 valence electrons. The van der Waals surface area contributed by atoms with Gasteiger partial charge in [-0.3, -0.25) is 9.36 Å². The van der Waals surface area contributed by atoms with Crippen molar-refractivity contribution in [3.63, 3.8) is 0 Å². The lowest BCUT2D eigenvalue weighted by Crippen LogP contribution is -2.28. The first-order chi connectivity index (χ1) is 16.8. The molecule has 0 aliphatic carbocycles. The van der Waals surface area contributed by atoms with Crippen molar-refractivity contribution in [1.82, 2.24) is 14.5 Å². The Kier molecular flexibility index (Phi) is 6.80. The van der Waals surface area contributed by atoms with Gasteiger partial charge in [-0.15, -0.1) is 0 Å². The van der Waals surface area contributed by atoms with Gasteiger partial charge in [0.25, 0.3) is 5.56 Å². The van der Waals surface area contributed by atoms with Crippen molar-refractivity contribution in [3.8, 4) is 17.3 Å². The van der Waals surface area contributed by atoms with Crippen LogP contribution in [0.3, 0.4) is 0 Å². The zero-order chi connectivity index (χ0) is 25.1. The van der Waals surface area contributed by atoms with Gasteiger partial charge in [0.1, 0.15) is 11.4 Å². The summed E-state index contributed by atoms with van der Waals surface area (Å²) in [5.41, 5.74) is 1.73. The van der Waals surface area contributed by atoms with E-state index in [1.54, 1.807) is 41.5 Å². The van der Waals surface area contributed by atoms with Gasteiger partial charge in [-0.1, -0.05) is 0 Å². The van der Waals surface area contributed by atoms with Crippen molar-refractivity contribution in [2.75, 3.05) is 6.61 Å². The third-order valence-corrected chi connectivity index (χ3v) is 5.39. The minimum atomic E-state index is -2.96. The molecule has 35 heavy (non-hydrogen) atoms. The van der Waals surface area contributed by atoms with Crippen molar-refractivity contribution in [2.45, 2.75) is 33.4 Å². The molecule has 0 fully saturated rings. The van der Waals surface area contributed by atoms with E-state index in [0.29, 0.717) is 46.0 Å². The Bertz CT molecular complexity index is 1420. The summed E-state index contributed by atoms with van der Waals surface area (Å²) in [4.78, 5) is 31.4. The summed E-state index contributed by atoms with van der Waals surface area (Å²) in [6, 6.07) is 10.9. The van der Waals surface area contributed by atoms with Gasteiger partial charge < -0.3 is 14.4 Å². The summed E-state index contributed by atoms with van der Waals surface area (Å²) >= 11 is 0. The third kappa shape index (κ3) is 4.85. The van der Waals surface area contributed by atoms with Crippen LogP contribution in [-0.4, -0.2) is 39.7 Å². The Labute approximate surface area is 200 Å². The smallest absolute Gasteiger partial charge is 0.387 e. The molecule has 0 bridgehead atoms. The van der Waals surface area contributed by atoms with Crippen LogP contribution < -0.4 is 15.0 Å². The summed E-state index contributed by atoms with van der Waals surface area (Å²) in [5.74, 6) is 2.23. The second-order valence-corrected chi connectivity index (χ2v) is 7.97. The van der Waals surface area contributed by atoms with E-state index in [2.05, 4.69) is 9.72 Å². The van der Waals surface area contributed by atoms with Crippen molar-refractivity contribution in [1.29, 1.82) is 0 Å². The van der Waals surface area contributed by atoms with Crippen LogP contribution in [0.15, 0.2) is 71.3 Å². The van der Waals surface area contributed by atoms with Crippen LogP contribution in [-0.2, 0) is 4.79 Å². The molecule has 9 heteroatoms. The fraction of sp³-hybridized carbons (Fsp3) is 0.231. The monoisotopic (exact) mass is 479 g/mol. The van der Waals surface area contributed by atoms with Gasteiger partial charge in [0.15, 0.2) is 11.6 Å². The van der Waals surface area contributed by atoms with Gasteiger partial charge in [-0.2, -0.15) is 13.8 Å². The predicted molar refractivity (Wildman–Crippen MR) is 128 cm³/mol. The quantitative estimate of drug-likeness (QED) is 0.457. The lowest BCUT2D eigenvalue weighted by molar-refractivity contribution is -0.0498. The standard InChI is InChI=1S/C26H23F2N3O4/c1-4-34-23-12-6-17-13-22(18-5-7-20(15-32)30(14-18)16(2)3)25(33)31(24(17)29-23)19-8-10-21(11-9-19)35-26(27)28/h5-14,16,26H,4H2,1-3H3. The van der Waals surface area contributed by atoms with Gasteiger partial charge >= 0.3 is 6.61 Å². The Morgan fingerprint density at radius 1 is 1.09 bits per heavy atom. The average Bonchev–Trinajstić information content (AvgIpc) is 2.84. The van der Waals surface area contributed by atoms with Crippen LogP contribution in [0.4, 0.5) is 8.78 Å². The van der Waals surface area contributed by atoms with E-state index in [1.165, 1.54) is 28.8 Å². The maximum absolute atomic E-state index is 13.8. The number of halogens is 2. The fourth-order valence-electron chi connectivity index (χ4n) is 3.81. The molecular weight excluding hydrogens is 456 g/mol. The number of fused-ring (bicyclic) bond motifs is 1. The molecule has 1 aliphatic heterocycles. The third-order valence-electron chi connectivity index (χ3n) is 5.39. The molecular formula is C26H23F2N3O4. The van der Waals surface area contributed by atoms with E-state index in [1.807, 2.05) is 26.7 Å². The second-order valence-electron chi connectivity index (χ2n) is 7.97. The molecule has 0 N–H and O–H groups in total. The van der Waals surface area contributed by atoms with Crippen molar-refractivity contribution in [3.05, 3.63) is 82.4 Å². The van der Waals surface area contributed by atoms with Crippen molar-refractivity contribution >= 4 is 22.5 Å². The van der Waals surface area contributed by atoms with Crippen LogP contribution in [0.1, 0.15) is 26.3 Å². The SMILES string of the molecule is CCOc1ccc2cc(C3=CN(C(C)C)C(=C=O)C=C3)c(=O)n(-c3ccc(OC(F)F)cc3)c2n1. The Balaban J connectivity index is 1.94. The highest BCUT2D eigenvalue weighted by molar-refractivity contribution is 5.85. The summed E-state index contributed by atoms with van der Waals surface area (Å²) in [6.07, 6.45) is 5.04. The molecule has 3 aromatic rings. The second kappa shape index (κ2) is 9.95. The Morgan fingerprint density at radius 2 is 1.83 bits per heavy atom. The first kappa shape index (κ1) is 23.9. The molecule has 0 saturated heterocycles. The molecule has 3 heterocycles. The number of pyridine rings is 2. The van der Waals surface area contributed by atoms with E-state index in [-0.39, 0.29) is 17.4 Å². The summed E-state index contributed by atoms with van der Waals surface area (Å²) in [5, 5.41) is 0.665. The first-order valence-electron chi connectivity index (χ1n) is 11.0. The Hall–Kier alpha value is -4.23. The number of carbonyl (C=O) groups excluding carboxylic acids is 1. The highest BCUT2D eigenvalue weighted by atomic mass is 19.3. The van der Waals surface area contributed by atoms with Gasteiger partial charge in [0.05, 0.1) is 12.3 Å². The van der Waals surface area contributed by atoms with Crippen molar-refractivity contribution in [2.24, 2.45) is 0 Å². The number of alkyl halides is 2. The maximum atomic E-state index is 13.8. The average molecular weight is 479 g/mol. The molecule has 0 atom stereocenters. The largest absolute Gasteiger partial charge is 0.478 e. The molecule has 1 aromatic carbocycles. The van der Waals surface area contributed by atoms with E-state index >= 15 is 0 Å². The molecule has 1 aliphatic rings. The topological polar surface area (TPSA) is 73.7 Å². The molecule has 0 unspecified atom stereocenters. The lowest BCUT2D eigenvalue weighted by Gasteiger charge is -2.27. The molecule has 4 rings (SSSR count). The summed E-state index contributed by atoms with van der Waals surface area (Å²) in [7, 11) is 0. The first-order valence-corrected chi connectivity index (χ1v) is 11.0. The molecule has 2 aromatic heterocycles. The fourth-order valence-corrected chi connectivity index (χ4v) is 3.81. The molecule has 0 radical (unpaired) electrons. The number of allylic oxidation sites excluding steroid dienone is 3. The number of hydrogen-bond acceptors (Lipinski definition) is 6. The predicted octanol–water partition coefficient (Wildman–Crippen LogP) is 4.72. The molecule has 7 nitrogen and oxygen atoms in total. The number of benzene rings is 1. The van der Waals surface area contributed by atoms with E-state index in [4.69, 9.17) is 4.74 Å². The normalized spacial score (nSPS) is 13.4.